The zero-order valence-corrected chi connectivity index (χ0v) is 37.5. The smallest absolute Gasteiger partial charge is 0.416 e. The first kappa shape index (κ1) is 43.9. The van der Waals surface area contributed by atoms with Crippen LogP contribution in [0.3, 0.4) is 0 Å². The monoisotopic (exact) mass is 903 g/mol. The molecule has 334 valence electrons. The van der Waals surface area contributed by atoms with Crippen molar-refractivity contribution < 1.29 is 46.9 Å². The predicted octanol–water partition coefficient (Wildman–Crippen LogP) is 10.8. The van der Waals surface area contributed by atoms with Crippen molar-refractivity contribution in [3.8, 4) is 22.8 Å². The van der Waals surface area contributed by atoms with Crippen molar-refractivity contribution in [3.63, 3.8) is 0 Å². The number of halogens is 4. The lowest BCUT2D eigenvalue weighted by Gasteiger charge is -2.71. The molecule has 4 aromatic rings. The molecule has 0 aliphatic heterocycles. The van der Waals surface area contributed by atoms with Crippen LogP contribution >= 0.6 is 22.9 Å². The fourth-order valence-electron chi connectivity index (χ4n) is 12.8. The van der Waals surface area contributed by atoms with Crippen LogP contribution in [0, 0.1) is 33.5 Å². The van der Waals surface area contributed by atoms with Gasteiger partial charge in [-0.25, -0.2) is 0 Å². The number of methoxy groups -OCH3 is 2. The summed E-state index contributed by atoms with van der Waals surface area (Å²) in [5.74, 6) is 0.389. The van der Waals surface area contributed by atoms with Gasteiger partial charge in [-0.2, -0.15) is 13.2 Å². The fraction of sp³-hybridized carbons (Fsp3) is 0.480. The molecule has 2 N–H and O–H groups in total. The van der Waals surface area contributed by atoms with E-state index in [-0.39, 0.29) is 64.0 Å². The number of hydrogen-bond donors (Lipinski definition) is 2. The second-order valence-corrected chi connectivity index (χ2v) is 20.4. The summed E-state index contributed by atoms with van der Waals surface area (Å²) in [5.41, 5.74) is -3.35. The molecule has 0 saturated heterocycles. The normalized spacial score (nSPS) is 31.8. The number of ketones is 1. The van der Waals surface area contributed by atoms with Gasteiger partial charge in [0.25, 0.3) is 0 Å². The summed E-state index contributed by atoms with van der Waals surface area (Å²) in [6, 6.07) is 15.5. The van der Waals surface area contributed by atoms with Gasteiger partial charge >= 0.3 is 6.18 Å². The number of furan rings is 1. The topological polar surface area (TPSA) is 109 Å². The Kier molecular flexibility index (Phi) is 10.9. The Hall–Kier alpha value is -4.36. The molecular formula is C50H53ClF3NO7S. The molecule has 6 aliphatic rings. The maximum atomic E-state index is 15.2. The molecule has 2 aromatic carbocycles. The van der Waals surface area contributed by atoms with E-state index in [1.54, 1.807) is 37.7 Å². The van der Waals surface area contributed by atoms with Crippen LogP contribution in [0.4, 0.5) is 13.2 Å². The standard InChI is InChI=1S/C50H53ClF3NO7S/c1-45-17-13-32(56)27-47(45)20-21-49(35(28-47)44(58)39-12-11-37(62-39)34-26-31(50(52,53)54)8-9-36(34)51)41(45)14-18-46(2)42(49)15-19-48(46,59)29-55(22-16-33-6-5-23-63-33)43(57)25-30-7-10-38(60-3)40(24-30)61-4/h5-12,20-21,23-24,26,28,32,41-42,56,59H,13-19,22,25,27,29H2,1-4H3/t32?,41-,42-,45-,46+,47+,48-,49-/m1/s1. The van der Waals surface area contributed by atoms with Crippen LogP contribution < -0.4 is 9.47 Å². The highest BCUT2D eigenvalue weighted by Crippen LogP contribution is 2.78. The second-order valence-electron chi connectivity index (χ2n) is 19.0. The van der Waals surface area contributed by atoms with E-state index in [2.05, 4.69) is 32.1 Å². The van der Waals surface area contributed by atoms with E-state index < -0.39 is 39.7 Å². The zero-order chi connectivity index (χ0) is 44.7. The van der Waals surface area contributed by atoms with Gasteiger partial charge in [0.15, 0.2) is 17.3 Å². The van der Waals surface area contributed by atoms with Crippen LogP contribution in [0.15, 0.2) is 94.3 Å². The first-order valence-corrected chi connectivity index (χ1v) is 23.0. The van der Waals surface area contributed by atoms with E-state index >= 15 is 4.79 Å². The Balaban J connectivity index is 1.08. The van der Waals surface area contributed by atoms with Crippen molar-refractivity contribution in [2.24, 2.45) is 33.5 Å². The second kappa shape index (κ2) is 15.7. The highest BCUT2D eigenvalue weighted by molar-refractivity contribution is 7.09. The predicted molar refractivity (Wildman–Crippen MR) is 235 cm³/mol. The number of Topliss-reactive ketones (excluding diaryl/α,β-unsaturated/α-hetero) is 1. The molecule has 63 heavy (non-hydrogen) atoms. The molecule has 2 spiro atoms. The fourth-order valence-corrected chi connectivity index (χ4v) is 13.7. The van der Waals surface area contributed by atoms with Gasteiger partial charge in [0.2, 0.25) is 11.7 Å². The highest BCUT2D eigenvalue weighted by atomic mass is 35.5. The number of fused-ring (bicyclic) bond motifs is 1. The molecule has 1 amide bonds. The molecular weight excluding hydrogens is 851 g/mol. The minimum absolute atomic E-state index is 0.0131. The van der Waals surface area contributed by atoms with E-state index in [9.17, 15) is 28.2 Å². The molecule has 10 rings (SSSR count). The quantitative estimate of drug-likeness (QED) is 0.108. The maximum absolute atomic E-state index is 15.2. The Morgan fingerprint density at radius 3 is 2.41 bits per heavy atom. The number of nitrogens with zero attached hydrogens (tertiary/aromatic N) is 1. The number of alkyl halides is 3. The number of aliphatic hydroxyl groups excluding tert-OH is 1. The van der Waals surface area contributed by atoms with Crippen molar-refractivity contribution in [2.75, 3.05) is 27.3 Å². The number of rotatable bonds is 12. The van der Waals surface area contributed by atoms with Crippen molar-refractivity contribution in [1.29, 1.82) is 0 Å². The molecule has 3 fully saturated rings. The van der Waals surface area contributed by atoms with Crippen LogP contribution in [-0.4, -0.2) is 65.8 Å². The van der Waals surface area contributed by atoms with Crippen molar-refractivity contribution in [2.45, 2.75) is 89.5 Å². The van der Waals surface area contributed by atoms with Gasteiger partial charge in [0, 0.05) is 45.3 Å². The molecule has 2 heterocycles. The van der Waals surface area contributed by atoms with Gasteiger partial charge in [-0.05, 0) is 128 Å². The largest absolute Gasteiger partial charge is 0.493 e. The van der Waals surface area contributed by atoms with Crippen LogP contribution in [0.1, 0.15) is 85.4 Å². The summed E-state index contributed by atoms with van der Waals surface area (Å²) in [5, 5.41) is 26.5. The molecule has 8 nitrogen and oxygen atoms in total. The Morgan fingerprint density at radius 2 is 1.68 bits per heavy atom. The third-order valence-corrected chi connectivity index (χ3v) is 17.4. The third-order valence-electron chi connectivity index (χ3n) is 16.2. The number of hydrogen-bond acceptors (Lipinski definition) is 8. The summed E-state index contributed by atoms with van der Waals surface area (Å²) in [4.78, 5) is 32.7. The van der Waals surface area contributed by atoms with E-state index in [0.717, 1.165) is 29.0 Å². The van der Waals surface area contributed by atoms with Gasteiger partial charge < -0.3 is 29.0 Å². The highest BCUT2D eigenvalue weighted by Gasteiger charge is 2.74. The molecule has 1 unspecified atom stereocenters. The summed E-state index contributed by atoms with van der Waals surface area (Å²) in [7, 11) is 3.12. The Labute approximate surface area is 374 Å². The summed E-state index contributed by atoms with van der Waals surface area (Å²) in [6.45, 7) is 4.95. The Bertz CT molecular complexity index is 2500. The summed E-state index contributed by atoms with van der Waals surface area (Å²) in [6.07, 6.45) is 6.28. The number of allylic oxidation sites excluding steroid dienone is 4. The first-order valence-electron chi connectivity index (χ1n) is 21.8. The molecule has 13 heteroatoms. The molecule has 8 atom stereocenters. The molecule has 3 saturated carbocycles. The maximum Gasteiger partial charge on any atom is 0.416 e. The lowest BCUT2D eigenvalue weighted by atomic mass is 9.32. The molecule has 0 radical (unpaired) electrons. The number of amides is 1. The number of thiophene rings is 1. The van der Waals surface area contributed by atoms with E-state index in [1.807, 2.05) is 28.5 Å². The van der Waals surface area contributed by atoms with Gasteiger partial charge in [0.1, 0.15) is 5.76 Å². The first-order chi connectivity index (χ1) is 29.9. The zero-order valence-electron chi connectivity index (χ0n) is 35.9. The number of carbonyl (C=O) groups is 2. The van der Waals surface area contributed by atoms with Gasteiger partial charge in [-0.1, -0.05) is 55.8 Å². The average molecular weight is 904 g/mol. The van der Waals surface area contributed by atoms with Crippen molar-refractivity contribution in [1.82, 2.24) is 4.90 Å². The van der Waals surface area contributed by atoms with E-state index in [1.165, 1.54) is 18.2 Å². The van der Waals surface area contributed by atoms with Gasteiger partial charge in [-0.15, -0.1) is 11.3 Å². The van der Waals surface area contributed by atoms with Gasteiger partial charge in [0.05, 0.1) is 42.9 Å². The van der Waals surface area contributed by atoms with Crippen LogP contribution in [0.2, 0.25) is 5.02 Å². The number of ether oxygens (including phenoxy) is 2. The summed E-state index contributed by atoms with van der Waals surface area (Å²) < 4.78 is 58.4. The lowest BCUT2D eigenvalue weighted by Crippen LogP contribution is -2.67. The van der Waals surface area contributed by atoms with Gasteiger partial charge in [-0.3, -0.25) is 9.59 Å². The number of aliphatic hydroxyl groups is 2. The number of benzene rings is 2. The van der Waals surface area contributed by atoms with Crippen LogP contribution in [0.25, 0.3) is 11.3 Å². The average Bonchev–Trinajstić information content (AvgIpc) is 4.02. The molecule has 2 bridgehead atoms. The third kappa shape index (κ3) is 6.91. The van der Waals surface area contributed by atoms with Crippen LogP contribution in [0.5, 0.6) is 11.5 Å². The minimum atomic E-state index is -4.61. The SMILES string of the molecule is COc1ccc(CC(=O)N(CCc2cccs2)C[C@]2(O)CC[C@H]3[C@]45C=C[C@@]6(C=C4C(=O)c4ccc(-c7cc(C(F)(F)F)ccc7Cl)o4)CC(O)CC[C@]6(C)[C@H]5CC[C@@]32C)cc1OC. The molecule has 6 aliphatic carbocycles. The van der Waals surface area contributed by atoms with Crippen molar-refractivity contribution >= 4 is 34.6 Å². The van der Waals surface area contributed by atoms with Crippen LogP contribution in [-0.2, 0) is 23.8 Å². The Morgan fingerprint density at radius 1 is 0.937 bits per heavy atom. The summed E-state index contributed by atoms with van der Waals surface area (Å²) >= 11 is 8.05. The van der Waals surface area contributed by atoms with E-state index in [4.69, 9.17) is 25.5 Å². The van der Waals surface area contributed by atoms with Crippen molar-refractivity contribution in [3.05, 3.63) is 117 Å². The lowest BCUT2D eigenvalue weighted by molar-refractivity contribution is -0.178. The molecule has 2 aromatic heterocycles. The minimum Gasteiger partial charge on any atom is -0.493 e. The number of carbonyl (C=O) groups excluding carboxylic acids is 2. The van der Waals surface area contributed by atoms with E-state index in [0.29, 0.717) is 68.6 Å².